The number of aryl methyl sites for hydroxylation is 1. The molecule has 0 fully saturated rings. The number of rotatable bonds is 5. The molecule has 0 saturated heterocycles. The highest BCUT2D eigenvalue weighted by Crippen LogP contribution is 2.27. The molecule has 124 valence electrons. The highest BCUT2D eigenvalue weighted by Gasteiger charge is 2.24. The molecule has 1 amide bonds. The maximum Gasteiger partial charge on any atom is 0.267 e. The number of hydrogen-bond donors (Lipinski definition) is 1. The smallest absolute Gasteiger partial charge is 0.267 e. The normalized spacial score (nSPS) is 11.5. The van der Waals surface area contributed by atoms with Crippen LogP contribution < -0.4 is 10.1 Å². The Morgan fingerprint density at radius 1 is 1.33 bits per heavy atom. The molecule has 0 spiro atoms. The van der Waals surface area contributed by atoms with Crippen LogP contribution in [0.15, 0.2) is 28.7 Å². The van der Waals surface area contributed by atoms with Crippen LogP contribution in [-0.4, -0.2) is 17.8 Å². The lowest BCUT2D eigenvalue weighted by atomic mass is 10.1. The van der Waals surface area contributed by atoms with E-state index in [0.717, 1.165) is 0 Å². The van der Waals surface area contributed by atoms with Crippen LogP contribution in [0.3, 0.4) is 0 Å². The predicted octanol–water partition coefficient (Wildman–Crippen LogP) is 3.72. The first-order valence-corrected chi connectivity index (χ1v) is 7.48. The fourth-order valence-corrected chi connectivity index (χ4v) is 2.27. The quantitative estimate of drug-likeness (QED) is 0.833. The molecular weight excluding hydrogens is 332 g/mol. The fourth-order valence-electron chi connectivity index (χ4n) is 2.15. The molecule has 0 bridgehead atoms. The van der Waals surface area contributed by atoms with Crippen LogP contribution >= 0.6 is 11.6 Å². The third kappa shape index (κ3) is 3.76. The van der Waals surface area contributed by atoms with Gasteiger partial charge in [-0.15, -0.1) is 0 Å². The standard InChI is InChI=1S/C17H15ClN2O4/c1-9(21)15-10(2)24-17(14(15)8-19)20-16(22)11(3)23-13-6-4-12(18)5-7-13/h4-7,11H,1-3H3,(H,20,22). The van der Waals surface area contributed by atoms with E-state index in [0.29, 0.717) is 10.8 Å². The van der Waals surface area contributed by atoms with Crippen molar-refractivity contribution in [1.82, 2.24) is 0 Å². The zero-order valence-corrected chi connectivity index (χ0v) is 14.1. The number of nitrogens with one attached hydrogen (secondary N) is 1. The van der Waals surface area contributed by atoms with Crippen LogP contribution in [0.2, 0.25) is 5.02 Å². The number of ether oxygens (including phenoxy) is 1. The largest absolute Gasteiger partial charge is 0.481 e. The number of furan rings is 1. The lowest BCUT2D eigenvalue weighted by Crippen LogP contribution is -2.30. The summed E-state index contributed by atoms with van der Waals surface area (Å²) in [6.45, 7) is 4.44. The van der Waals surface area contributed by atoms with Crippen LogP contribution in [0.1, 0.15) is 35.5 Å². The van der Waals surface area contributed by atoms with Gasteiger partial charge in [0.05, 0.1) is 5.56 Å². The van der Waals surface area contributed by atoms with Gasteiger partial charge in [0.1, 0.15) is 23.1 Å². The van der Waals surface area contributed by atoms with Crippen molar-refractivity contribution in [2.75, 3.05) is 5.32 Å². The van der Waals surface area contributed by atoms with E-state index >= 15 is 0 Å². The molecule has 1 unspecified atom stereocenters. The second-order valence-electron chi connectivity index (χ2n) is 5.11. The van der Waals surface area contributed by atoms with Crippen molar-refractivity contribution in [3.05, 3.63) is 46.2 Å². The molecule has 2 rings (SSSR count). The van der Waals surface area contributed by atoms with Crippen molar-refractivity contribution in [3.8, 4) is 11.8 Å². The van der Waals surface area contributed by atoms with Gasteiger partial charge in [-0.2, -0.15) is 5.26 Å². The van der Waals surface area contributed by atoms with Gasteiger partial charge < -0.3 is 9.15 Å². The van der Waals surface area contributed by atoms with E-state index in [2.05, 4.69) is 5.32 Å². The maximum atomic E-state index is 12.2. The molecule has 1 atom stereocenters. The van der Waals surface area contributed by atoms with Crippen molar-refractivity contribution < 1.29 is 18.7 Å². The Morgan fingerprint density at radius 2 is 1.96 bits per heavy atom. The third-order valence-electron chi connectivity index (χ3n) is 3.28. The summed E-state index contributed by atoms with van der Waals surface area (Å²) in [5, 5.41) is 12.3. The van der Waals surface area contributed by atoms with Gasteiger partial charge >= 0.3 is 0 Å². The Balaban J connectivity index is 2.14. The van der Waals surface area contributed by atoms with Gasteiger partial charge in [0.15, 0.2) is 11.9 Å². The summed E-state index contributed by atoms with van der Waals surface area (Å²) in [6.07, 6.45) is -0.844. The number of ketones is 1. The molecule has 1 heterocycles. The van der Waals surface area contributed by atoms with Crippen LogP contribution in [-0.2, 0) is 4.79 Å². The monoisotopic (exact) mass is 346 g/mol. The number of benzene rings is 1. The Kier molecular flexibility index (Phi) is 5.27. The van der Waals surface area contributed by atoms with Gasteiger partial charge in [-0.1, -0.05) is 11.6 Å². The van der Waals surface area contributed by atoms with Crippen LogP contribution in [0, 0.1) is 18.3 Å². The van der Waals surface area contributed by atoms with Gasteiger partial charge in [-0.3, -0.25) is 14.9 Å². The molecule has 6 nitrogen and oxygen atoms in total. The molecule has 7 heteroatoms. The molecule has 24 heavy (non-hydrogen) atoms. The number of hydrogen-bond acceptors (Lipinski definition) is 5. The first kappa shape index (κ1) is 17.6. The van der Waals surface area contributed by atoms with E-state index in [1.165, 1.54) is 6.92 Å². The van der Waals surface area contributed by atoms with E-state index in [9.17, 15) is 14.9 Å². The number of nitrogens with zero attached hydrogens (tertiary/aromatic N) is 1. The molecule has 0 aliphatic carbocycles. The molecule has 2 aromatic rings. The van der Waals surface area contributed by atoms with E-state index in [1.54, 1.807) is 38.1 Å². The van der Waals surface area contributed by atoms with E-state index in [-0.39, 0.29) is 28.6 Å². The van der Waals surface area contributed by atoms with E-state index in [1.807, 2.05) is 6.07 Å². The summed E-state index contributed by atoms with van der Waals surface area (Å²) in [7, 11) is 0. The third-order valence-corrected chi connectivity index (χ3v) is 3.53. The number of halogens is 1. The van der Waals surface area contributed by atoms with Crippen LogP contribution in [0.5, 0.6) is 5.75 Å². The molecule has 1 aromatic heterocycles. The van der Waals surface area contributed by atoms with Gasteiger partial charge in [-0.05, 0) is 45.0 Å². The summed E-state index contributed by atoms with van der Waals surface area (Å²) in [5.41, 5.74) is 0.172. The number of carbonyl (C=O) groups excluding carboxylic acids is 2. The average Bonchev–Trinajstić information content (AvgIpc) is 2.84. The van der Waals surface area contributed by atoms with Gasteiger partial charge in [0.2, 0.25) is 5.88 Å². The Morgan fingerprint density at radius 3 is 2.50 bits per heavy atom. The highest BCUT2D eigenvalue weighted by atomic mass is 35.5. The van der Waals surface area contributed by atoms with Crippen LogP contribution in [0.25, 0.3) is 0 Å². The number of Topliss-reactive ketones (excluding diaryl/α,β-unsaturated/α-hetero) is 1. The zero-order valence-electron chi connectivity index (χ0n) is 13.3. The molecule has 0 aliphatic rings. The number of nitriles is 1. The molecule has 0 aliphatic heterocycles. The lowest BCUT2D eigenvalue weighted by Gasteiger charge is -2.13. The predicted molar refractivity (Wildman–Crippen MR) is 88.3 cm³/mol. The molecule has 1 N–H and O–H groups in total. The average molecular weight is 347 g/mol. The molecule has 1 aromatic carbocycles. The number of amides is 1. The van der Waals surface area contributed by atoms with E-state index in [4.69, 9.17) is 20.8 Å². The number of anilines is 1. The minimum absolute atomic E-state index is 0.00652. The van der Waals surface area contributed by atoms with Crippen molar-refractivity contribution >= 4 is 29.2 Å². The maximum absolute atomic E-state index is 12.2. The summed E-state index contributed by atoms with van der Waals surface area (Å²) >= 11 is 5.79. The van der Waals surface area contributed by atoms with Crippen molar-refractivity contribution in [3.63, 3.8) is 0 Å². The highest BCUT2D eigenvalue weighted by molar-refractivity contribution is 6.30. The van der Waals surface area contributed by atoms with Gasteiger partial charge in [-0.25, -0.2) is 0 Å². The molecule has 0 radical (unpaired) electrons. The Hall–Kier alpha value is -2.78. The van der Waals surface area contributed by atoms with E-state index < -0.39 is 12.0 Å². The SMILES string of the molecule is CC(=O)c1c(C)oc(NC(=O)C(C)Oc2ccc(Cl)cc2)c1C#N. The minimum atomic E-state index is -0.844. The summed E-state index contributed by atoms with van der Waals surface area (Å²) in [6, 6.07) is 8.44. The fraction of sp³-hybridized carbons (Fsp3) is 0.235. The molecular formula is C17H15ClN2O4. The summed E-state index contributed by atoms with van der Waals surface area (Å²) in [4.78, 5) is 23.8. The Bertz CT molecular complexity index is 818. The Labute approximate surface area is 144 Å². The van der Waals surface area contributed by atoms with Gasteiger partial charge in [0, 0.05) is 5.02 Å². The van der Waals surface area contributed by atoms with Crippen LogP contribution in [0.4, 0.5) is 5.88 Å². The zero-order chi connectivity index (χ0) is 17.9. The lowest BCUT2D eigenvalue weighted by molar-refractivity contribution is -0.122. The first-order valence-electron chi connectivity index (χ1n) is 7.11. The first-order chi connectivity index (χ1) is 11.3. The van der Waals surface area contributed by atoms with Crippen molar-refractivity contribution in [2.24, 2.45) is 0 Å². The van der Waals surface area contributed by atoms with Crippen molar-refractivity contribution in [1.29, 1.82) is 5.26 Å². The molecule has 0 saturated carbocycles. The van der Waals surface area contributed by atoms with Gasteiger partial charge in [0.25, 0.3) is 5.91 Å². The number of carbonyl (C=O) groups is 2. The summed E-state index contributed by atoms with van der Waals surface area (Å²) in [5.74, 6) is -0.121. The van der Waals surface area contributed by atoms with Crippen molar-refractivity contribution in [2.45, 2.75) is 26.9 Å². The second kappa shape index (κ2) is 7.20. The second-order valence-corrected chi connectivity index (χ2v) is 5.55. The minimum Gasteiger partial charge on any atom is -0.481 e. The summed E-state index contributed by atoms with van der Waals surface area (Å²) < 4.78 is 10.8. The topological polar surface area (TPSA) is 92.3 Å².